The molecule has 1 fully saturated rings. The van der Waals surface area contributed by atoms with Gasteiger partial charge >= 0.3 is 0 Å². The number of aromatic nitrogens is 3. The molecule has 0 bridgehead atoms. The van der Waals surface area contributed by atoms with Crippen molar-refractivity contribution in [2.45, 2.75) is 36.4 Å². The van der Waals surface area contributed by atoms with Crippen LogP contribution in [0.15, 0.2) is 6.20 Å². The molecule has 0 aliphatic carbocycles. The average Bonchev–Trinajstić information content (AvgIpc) is 3.02. The Balaban J connectivity index is 2.18. The Morgan fingerprint density at radius 3 is 2.88 bits per heavy atom. The van der Waals surface area contributed by atoms with Gasteiger partial charge in [-0.2, -0.15) is 0 Å². The molecule has 136 valence electrons. The quantitative estimate of drug-likeness (QED) is 0.218. The van der Waals surface area contributed by atoms with E-state index in [9.17, 15) is 15.3 Å². The van der Waals surface area contributed by atoms with Gasteiger partial charge in [0.1, 0.15) is 24.4 Å². The molecule has 1 aliphatic heterocycles. The maximum Gasteiger partial charge on any atom is 0.183 e. The Morgan fingerprint density at radius 2 is 2.25 bits per heavy atom. The van der Waals surface area contributed by atoms with E-state index in [1.807, 2.05) is 0 Å². The highest BCUT2D eigenvalue weighted by molar-refractivity contribution is 8.13. The van der Waals surface area contributed by atoms with Gasteiger partial charge in [0, 0.05) is 17.8 Å². The summed E-state index contributed by atoms with van der Waals surface area (Å²) in [6.07, 6.45) is -2.99. The van der Waals surface area contributed by atoms with Crippen LogP contribution in [-0.4, -0.2) is 79.2 Å². The summed E-state index contributed by atoms with van der Waals surface area (Å²) in [5.41, 5.74) is 5.82. The number of alkyl halides is 1. The molecule has 0 spiro atoms. The van der Waals surface area contributed by atoms with Crippen molar-refractivity contribution in [3.63, 3.8) is 0 Å². The van der Waals surface area contributed by atoms with Crippen LogP contribution in [0.1, 0.15) is 11.7 Å². The molecule has 6 N–H and O–H groups in total. The van der Waals surface area contributed by atoms with E-state index in [4.69, 9.17) is 32.2 Å². The van der Waals surface area contributed by atoms with E-state index >= 15 is 0 Å². The van der Waals surface area contributed by atoms with E-state index in [-0.39, 0.29) is 17.7 Å². The first-order valence-corrected chi connectivity index (χ1v) is 8.67. The highest BCUT2D eigenvalue weighted by Crippen LogP contribution is 2.30. The third-order valence-electron chi connectivity index (χ3n) is 3.45. The molecular weight excluding hydrogens is 362 g/mol. The summed E-state index contributed by atoms with van der Waals surface area (Å²) >= 11 is 6.70. The topological polar surface area (TPSA) is 160 Å². The number of hydrogen-bond acceptors (Lipinski definition) is 9. The lowest BCUT2D eigenvalue weighted by Gasteiger charge is -2.41. The van der Waals surface area contributed by atoms with Gasteiger partial charge in [-0.1, -0.05) is 17.0 Å². The number of rotatable bonds is 7. The van der Waals surface area contributed by atoms with E-state index in [1.165, 1.54) is 4.68 Å². The first kappa shape index (κ1) is 19.4. The summed E-state index contributed by atoms with van der Waals surface area (Å²) in [6, 6.07) is -0.866. The van der Waals surface area contributed by atoms with E-state index in [0.717, 1.165) is 11.8 Å². The van der Waals surface area contributed by atoms with E-state index in [0.29, 0.717) is 11.4 Å². The molecule has 3 unspecified atom stereocenters. The first-order valence-electron chi connectivity index (χ1n) is 7.15. The van der Waals surface area contributed by atoms with E-state index < -0.39 is 37.3 Å². The van der Waals surface area contributed by atoms with Crippen molar-refractivity contribution in [2.75, 3.05) is 19.1 Å². The van der Waals surface area contributed by atoms with E-state index in [2.05, 4.69) is 10.3 Å². The first-order chi connectivity index (χ1) is 11.5. The normalized spacial score (nSPS) is 30.4. The maximum atomic E-state index is 10.4. The number of nitrogens with one attached hydrogen (secondary N) is 1. The highest BCUT2D eigenvalue weighted by atomic mass is 35.5. The number of aliphatic hydroxyl groups excluding tert-OH is 3. The Morgan fingerprint density at radius 1 is 1.50 bits per heavy atom. The van der Waals surface area contributed by atoms with Crippen molar-refractivity contribution in [3.8, 4) is 0 Å². The van der Waals surface area contributed by atoms with Crippen molar-refractivity contribution in [1.82, 2.24) is 15.0 Å². The van der Waals surface area contributed by atoms with Gasteiger partial charge < -0.3 is 30.5 Å². The van der Waals surface area contributed by atoms with Gasteiger partial charge in [0.05, 0.1) is 18.9 Å². The zero-order chi connectivity index (χ0) is 17.7. The standard InChI is InChI=1S/C12H20ClN5O5S/c13-1-2-22-11-8(10(21)9(20)7(4-19)23-11)18-3-6(16-17-18)5-24-12(14)15/h3,7-11,19-21H,1-2,4-5H2,(H3,14,15)/t7?,8?,9-,10?,11+/m1/s1. The lowest BCUT2D eigenvalue weighted by Crippen LogP contribution is -2.57. The SMILES string of the molecule is N=C(N)SCc1cn(C2C(O)[C@H](O)C(CO)O[C@@H]2OCCCl)nn1. The summed E-state index contributed by atoms with van der Waals surface area (Å²) in [5.74, 6) is 0.556. The Bertz CT molecular complexity index is 550. The molecule has 2 rings (SSSR count). The molecule has 0 radical (unpaired) electrons. The highest BCUT2D eigenvalue weighted by Gasteiger charge is 2.46. The molecule has 2 heterocycles. The predicted molar refractivity (Wildman–Crippen MR) is 86.7 cm³/mol. The zero-order valence-corrected chi connectivity index (χ0v) is 14.2. The van der Waals surface area contributed by atoms with Crippen LogP contribution in [-0.2, 0) is 15.2 Å². The molecule has 10 nitrogen and oxygen atoms in total. The summed E-state index contributed by atoms with van der Waals surface area (Å²) in [5, 5.41) is 44.7. The van der Waals surface area contributed by atoms with Crippen molar-refractivity contribution in [3.05, 3.63) is 11.9 Å². The molecule has 0 amide bonds. The number of hydrogen-bond donors (Lipinski definition) is 5. The number of thioether (sulfide) groups is 1. The predicted octanol–water partition coefficient (Wildman–Crippen LogP) is -1.36. The van der Waals surface area contributed by atoms with Crippen LogP contribution in [0.2, 0.25) is 0 Å². The molecule has 0 aromatic carbocycles. The Hall–Kier alpha value is -0.950. The van der Waals surface area contributed by atoms with Crippen LogP contribution >= 0.6 is 23.4 Å². The lowest BCUT2D eigenvalue weighted by molar-refractivity contribution is -0.280. The largest absolute Gasteiger partial charge is 0.394 e. The van der Waals surface area contributed by atoms with Crippen molar-refractivity contribution in [2.24, 2.45) is 5.73 Å². The second-order valence-electron chi connectivity index (χ2n) is 5.10. The second-order valence-corrected chi connectivity index (χ2v) is 6.50. The van der Waals surface area contributed by atoms with Gasteiger partial charge in [0.2, 0.25) is 0 Å². The molecule has 5 atom stereocenters. The molecule has 1 aromatic rings. The van der Waals surface area contributed by atoms with Gasteiger partial charge in [0.15, 0.2) is 11.5 Å². The fourth-order valence-corrected chi connectivity index (χ4v) is 2.85. The fraction of sp³-hybridized carbons (Fsp3) is 0.750. The third kappa shape index (κ3) is 4.57. The number of amidine groups is 1. The fourth-order valence-electron chi connectivity index (χ4n) is 2.32. The Kier molecular flexibility index (Phi) is 7.22. The number of ether oxygens (including phenoxy) is 2. The summed E-state index contributed by atoms with van der Waals surface area (Å²) in [6.45, 7) is -0.311. The van der Waals surface area contributed by atoms with Crippen molar-refractivity contribution < 1.29 is 24.8 Å². The monoisotopic (exact) mass is 381 g/mol. The molecule has 1 saturated heterocycles. The molecule has 12 heteroatoms. The summed E-state index contributed by atoms with van der Waals surface area (Å²) < 4.78 is 12.3. The van der Waals surface area contributed by atoms with E-state index in [1.54, 1.807) is 6.20 Å². The molecule has 24 heavy (non-hydrogen) atoms. The molecule has 1 aliphatic rings. The molecule has 1 aromatic heterocycles. The number of aliphatic hydroxyl groups is 3. The van der Waals surface area contributed by atoms with Crippen LogP contribution in [0.3, 0.4) is 0 Å². The zero-order valence-electron chi connectivity index (χ0n) is 12.7. The van der Waals surface area contributed by atoms with Crippen LogP contribution in [0.5, 0.6) is 0 Å². The second kappa shape index (κ2) is 8.94. The Labute approximate surface area is 147 Å². The minimum Gasteiger partial charge on any atom is -0.394 e. The molecular formula is C12H20ClN5O5S. The number of nitrogens with two attached hydrogens (primary N) is 1. The average molecular weight is 382 g/mol. The van der Waals surface area contributed by atoms with Crippen LogP contribution < -0.4 is 5.73 Å². The van der Waals surface area contributed by atoms with Gasteiger partial charge in [-0.05, 0) is 0 Å². The maximum absolute atomic E-state index is 10.4. The smallest absolute Gasteiger partial charge is 0.183 e. The van der Waals surface area contributed by atoms with Crippen molar-refractivity contribution >= 4 is 28.5 Å². The van der Waals surface area contributed by atoms with Gasteiger partial charge in [-0.15, -0.1) is 16.7 Å². The molecule has 0 saturated carbocycles. The minimum absolute atomic E-state index is 0.0462. The van der Waals surface area contributed by atoms with Crippen LogP contribution in [0.4, 0.5) is 0 Å². The lowest BCUT2D eigenvalue weighted by atomic mass is 9.97. The summed E-state index contributed by atoms with van der Waals surface area (Å²) in [7, 11) is 0. The summed E-state index contributed by atoms with van der Waals surface area (Å²) in [4.78, 5) is 0. The van der Waals surface area contributed by atoms with Gasteiger partial charge in [-0.25, -0.2) is 4.68 Å². The third-order valence-corrected chi connectivity index (χ3v) is 4.35. The van der Waals surface area contributed by atoms with Crippen molar-refractivity contribution in [1.29, 1.82) is 5.41 Å². The number of halogens is 1. The number of nitrogens with zero attached hydrogens (tertiary/aromatic N) is 3. The minimum atomic E-state index is -1.31. The van der Waals surface area contributed by atoms with Crippen LogP contribution in [0.25, 0.3) is 0 Å². The van der Waals surface area contributed by atoms with Gasteiger partial charge in [-0.3, -0.25) is 5.41 Å². The van der Waals surface area contributed by atoms with Crippen LogP contribution in [0, 0.1) is 5.41 Å². The van der Waals surface area contributed by atoms with Gasteiger partial charge in [0.25, 0.3) is 0 Å².